The number of aryl methyl sites for hydroxylation is 1. The molecular weight excluding hydrogens is 364 g/mol. The lowest BCUT2D eigenvalue weighted by Gasteiger charge is -2.16. The van der Waals surface area contributed by atoms with Crippen molar-refractivity contribution in [1.82, 2.24) is 10.3 Å². The van der Waals surface area contributed by atoms with Gasteiger partial charge in [-0.25, -0.2) is 9.78 Å². The molecule has 2 N–H and O–H groups in total. The van der Waals surface area contributed by atoms with Crippen molar-refractivity contribution >= 4 is 34.8 Å². The smallest absolute Gasteiger partial charge is 0.347 e. The van der Waals surface area contributed by atoms with Crippen molar-refractivity contribution in [2.24, 2.45) is 0 Å². The van der Waals surface area contributed by atoms with Gasteiger partial charge in [-0.05, 0) is 45.9 Å². The molecule has 0 aliphatic rings. The third kappa shape index (κ3) is 4.70. The molecule has 2 rings (SSSR count). The second kappa shape index (κ2) is 7.84. The van der Waals surface area contributed by atoms with E-state index in [4.69, 9.17) is 21.4 Å². The number of hydrogen-bond donors (Lipinski definition) is 2. The van der Waals surface area contributed by atoms with E-state index < -0.39 is 12.0 Å². The lowest BCUT2D eigenvalue weighted by Crippen LogP contribution is -2.27. The molecule has 8 heteroatoms. The van der Waals surface area contributed by atoms with Gasteiger partial charge in [0.15, 0.2) is 0 Å². The van der Waals surface area contributed by atoms with Crippen molar-refractivity contribution in [2.75, 3.05) is 0 Å². The van der Waals surface area contributed by atoms with Crippen LogP contribution in [-0.2, 0) is 0 Å². The first-order chi connectivity index (χ1) is 11.7. The quantitative estimate of drug-likeness (QED) is 0.785. The number of carboxylic acids is 1. The molecule has 6 nitrogen and oxygen atoms in total. The van der Waals surface area contributed by atoms with Crippen LogP contribution in [0.15, 0.2) is 18.2 Å². The molecular formula is C17H19ClN2O4S. The Morgan fingerprint density at radius 3 is 2.56 bits per heavy atom. The van der Waals surface area contributed by atoms with Crippen molar-refractivity contribution < 1.29 is 19.4 Å². The molecule has 2 aromatic rings. The number of benzene rings is 1. The van der Waals surface area contributed by atoms with E-state index in [1.54, 1.807) is 26.0 Å². The van der Waals surface area contributed by atoms with Crippen molar-refractivity contribution in [3.8, 4) is 5.75 Å². The van der Waals surface area contributed by atoms with Gasteiger partial charge in [0.05, 0.1) is 23.4 Å². The van der Waals surface area contributed by atoms with Crippen LogP contribution >= 0.6 is 22.9 Å². The second-order valence-corrected chi connectivity index (χ2v) is 7.24. The fourth-order valence-electron chi connectivity index (χ4n) is 2.17. The zero-order valence-corrected chi connectivity index (χ0v) is 15.9. The monoisotopic (exact) mass is 382 g/mol. The molecule has 134 valence electrons. The molecule has 1 aromatic carbocycles. The minimum absolute atomic E-state index is 0.0927. The summed E-state index contributed by atoms with van der Waals surface area (Å²) in [6, 6.07) is 4.40. The molecule has 0 bridgehead atoms. The Morgan fingerprint density at radius 2 is 2.00 bits per heavy atom. The summed E-state index contributed by atoms with van der Waals surface area (Å²) >= 11 is 7.05. The minimum atomic E-state index is -1.03. The van der Waals surface area contributed by atoms with E-state index in [1.807, 2.05) is 13.8 Å². The lowest BCUT2D eigenvalue weighted by atomic mass is 10.1. The van der Waals surface area contributed by atoms with E-state index in [0.717, 1.165) is 11.3 Å². The van der Waals surface area contributed by atoms with E-state index in [0.29, 0.717) is 27.0 Å². The Morgan fingerprint density at radius 1 is 1.32 bits per heavy atom. The summed E-state index contributed by atoms with van der Waals surface area (Å²) in [4.78, 5) is 28.2. The highest BCUT2D eigenvalue weighted by Crippen LogP contribution is 2.27. The fourth-order valence-corrected chi connectivity index (χ4v) is 3.25. The first-order valence-corrected chi connectivity index (χ1v) is 8.86. The molecule has 0 saturated carbocycles. The van der Waals surface area contributed by atoms with Gasteiger partial charge in [-0.3, -0.25) is 4.79 Å². The fraction of sp³-hybridized carbons (Fsp3) is 0.353. The molecule has 1 aromatic heterocycles. The Bertz CT molecular complexity index is 804. The standard InChI is InChI=1S/C17H19ClN2O4S/c1-8(2)24-13-6-5-11(18)7-12(13)15(21)19-10(4)16-20-9(3)14(25-16)17(22)23/h5-8,10H,1-4H3,(H,19,21)(H,22,23). The largest absolute Gasteiger partial charge is 0.490 e. The van der Waals surface area contributed by atoms with Gasteiger partial charge in [0.1, 0.15) is 15.6 Å². The Labute approximate surface area is 154 Å². The summed E-state index contributed by atoms with van der Waals surface area (Å²) in [5, 5.41) is 12.9. The number of carboxylic acid groups (broad SMARTS) is 1. The van der Waals surface area contributed by atoms with E-state index >= 15 is 0 Å². The number of thiazole rings is 1. The topological polar surface area (TPSA) is 88.5 Å². The van der Waals surface area contributed by atoms with Gasteiger partial charge in [-0.15, -0.1) is 11.3 Å². The van der Waals surface area contributed by atoms with E-state index in [2.05, 4.69) is 10.3 Å². The maximum atomic E-state index is 12.6. The molecule has 1 unspecified atom stereocenters. The number of carbonyl (C=O) groups is 2. The van der Waals surface area contributed by atoms with Crippen LogP contribution < -0.4 is 10.1 Å². The second-order valence-electron chi connectivity index (χ2n) is 5.77. The maximum absolute atomic E-state index is 12.6. The molecule has 0 radical (unpaired) electrons. The normalized spacial score (nSPS) is 12.1. The average molecular weight is 383 g/mol. The molecule has 0 aliphatic heterocycles. The van der Waals surface area contributed by atoms with E-state index in [1.165, 1.54) is 6.07 Å². The number of ether oxygens (including phenoxy) is 1. The van der Waals surface area contributed by atoms with Crippen LogP contribution in [0.25, 0.3) is 0 Å². The van der Waals surface area contributed by atoms with Crippen LogP contribution in [0.4, 0.5) is 0 Å². The van der Waals surface area contributed by atoms with Gasteiger partial charge in [0.25, 0.3) is 5.91 Å². The zero-order valence-electron chi connectivity index (χ0n) is 14.3. The van der Waals surface area contributed by atoms with Gasteiger partial charge in [-0.2, -0.15) is 0 Å². The molecule has 0 spiro atoms. The number of nitrogens with one attached hydrogen (secondary N) is 1. The van der Waals surface area contributed by atoms with Crippen LogP contribution in [0.5, 0.6) is 5.75 Å². The SMILES string of the molecule is Cc1nc(C(C)NC(=O)c2cc(Cl)ccc2OC(C)C)sc1C(=O)O. The highest BCUT2D eigenvalue weighted by atomic mass is 35.5. The van der Waals surface area contributed by atoms with E-state index in [-0.39, 0.29) is 16.9 Å². The van der Waals surface area contributed by atoms with Gasteiger partial charge in [0, 0.05) is 5.02 Å². The van der Waals surface area contributed by atoms with Crippen LogP contribution in [0.3, 0.4) is 0 Å². The number of carbonyl (C=O) groups excluding carboxylic acids is 1. The van der Waals surface area contributed by atoms with Crippen LogP contribution in [0, 0.1) is 6.92 Å². The van der Waals surface area contributed by atoms with Crippen molar-refractivity contribution in [1.29, 1.82) is 0 Å². The molecule has 1 atom stereocenters. The summed E-state index contributed by atoms with van der Waals surface area (Å²) in [5.74, 6) is -0.955. The number of nitrogens with zero attached hydrogens (tertiary/aromatic N) is 1. The summed E-state index contributed by atoms with van der Waals surface area (Å²) < 4.78 is 5.65. The summed E-state index contributed by atoms with van der Waals surface area (Å²) in [7, 11) is 0. The van der Waals surface area contributed by atoms with Crippen LogP contribution in [-0.4, -0.2) is 28.1 Å². The van der Waals surface area contributed by atoms with Gasteiger partial charge < -0.3 is 15.2 Å². The number of aromatic nitrogens is 1. The van der Waals surface area contributed by atoms with Crippen LogP contribution in [0.2, 0.25) is 5.02 Å². The average Bonchev–Trinajstić information content (AvgIpc) is 2.90. The minimum Gasteiger partial charge on any atom is -0.490 e. The predicted molar refractivity (Wildman–Crippen MR) is 96.9 cm³/mol. The van der Waals surface area contributed by atoms with Crippen molar-refractivity contribution in [3.63, 3.8) is 0 Å². The molecule has 1 amide bonds. The number of hydrogen-bond acceptors (Lipinski definition) is 5. The number of rotatable bonds is 6. The summed E-state index contributed by atoms with van der Waals surface area (Å²) in [6.45, 7) is 7.11. The first kappa shape index (κ1) is 19.2. The van der Waals surface area contributed by atoms with Gasteiger partial charge >= 0.3 is 5.97 Å². The lowest BCUT2D eigenvalue weighted by molar-refractivity contribution is 0.0700. The number of aromatic carboxylic acids is 1. The molecule has 0 aliphatic carbocycles. The van der Waals surface area contributed by atoms with Crippen molar-refractivity contribution in [2.45, 2.75) is 39.8 Å². The zero-order chi connectivity index (χ0) is 18.7. The third-order valence-corrected chi connectivity index (χ3v) is 4.84. The number of halogens is 1. The van der Waals surface area contributed by atoms with Crippen LogP contribution in [0.1, 0.15) is 57.5 Å². The first-order valence-electron chi connectivity index (χ1n) is 7.66. The van der Waals surface area contributed by atoms with Gasteiger partial charge in [-0.1, -0.05) is 11.6 Å². The highest BCUT2D eigenvalue weighted by Gasteiger charge is 2.21. The molecule has 1 heterocycles. The Hall–Kier alpha value is -2.12. The molecule has 25 heavy (non-hydrogen) atoms. The third-order valence-electron chi connectivity index (χ3n) is 3.27. The van der Waals surface area contributed by atoms with Gasteiger partial charge in [0.2, 0.25) is 0 Å². The summed E-state index contributed by atoms with van der Waals surface area (Å²) in [6.07, 6.45) is -0.0927. The van der Waals surface area contributed by atoms with Crippen molar-refractivity contribution in [3.05, 3.63) is 44.4 Å². The Kier molecular flexibility index (Phi) is 6.02. The predicted octanol–water partition coefficient (Wildman–Crippen LogP) is 4.08. The molecule has 0 fully saturated rings. The van der Waals surface area contributed by atoms with E-state index in [9.17, 15) is 9.59 Å². The highest BCUT2D eigenvalue weighted by molar-refractivity contribution is 7.13. The summed E-state index contributed by atoms with van der Waals surface area (Å²) in [5.41, 5.74) is 0.750. The number of amides is 1. The maximum Gasteiger partial charge on any atom is 0.347 e. The molecule has 0 saturated heterocycles. The Balaban J connectivity index is 2.23.